The number of ether oxygens (including phenoxy) is 1. The van der Waals surface area contributed by atoms with Crippen LogP contribution in [0.25, 0.3) is 6.08 Å². The van der Waals surface area contributed by atoms with Crippen molar-refractivity contribution in [1.29, 1.82) is 0 Å². The number of aryl methyl sites for hydroxylation is 1. The summed E-state index contributed by atoms with van der Waals surface area (Å²) in [4.78, 5) is 30.5. The Labute approximate surface area is 209 Å². The van der Waals surface area contributed by atoms with Crippen LogP contribution in [0.2, 0.25) is 0 Å². The SMILES string of the molecule is C/C1=C/C(C)[C@@H](/C(C)=C/c2coc(C)n2)OC(=O)C[C@H](O)C(C)(C)C(=O)[C@H](C)[C@@H](O)[C@@H](C)CCC1. The molecule has 0 saturated heterocycles. The number of oxazole rings is 1. The summed E-state index contributed by atoms with van der Waals surface area (Å²) in [6.45, 7) is 14.6. The molecule has 0 bridgehead atoms. The fourth-order valence-electron chi connectivity index (χ4n) is 4.87. The van der Waals surface area contributed by atoms with E-state index < -0.39 is 35.6 Å². The minimum atomic E-state index is -1.24. The fraction of sp³-hybridized carbons (Fsp3) is 0.679. The van der Waals surface area contributed by atoms with Gasteiger partial charge in [0.25, 0.3) is 0 Å². The van der Waals surface area contributed by atoms with E-state index in [1.165, 1.54) is 5.57 Å². The second-order valence-electron chi connectivity index (χ2n) is 10.9. The Kier molecular flexibility index (Phi) is 10.0. The summed E-state index contributed by atoms with van der Waals surface area (Å²) in [6, 6.07) is 0. The first-order valence-electron chi connectivity index (χ1n) is 12.6. The van der Waals surface area contributed by atoms with Crippen molar-refractivity contribution in [1.82, 2.24) is 4.98 Å². The van der Waals surface area contributed by atoms with Crippen LogP contribution in [-0.2, 0) is 14.3 Å². The molecule has 1 aromatic heterocycles. The Morgan fingerprint density at radius 3 is 2.43 bits per heavy atom. The number of ketones is 1. The number of nitrogens with zero attached hydrogens (tertiary/aromatic N) is 1. The van der Waals surface area contributed by atoms with Crippen LogP contribution in [0.5, 0.6) is 0 Å². The van der Waals surface area contributed by atoms with E-state index in [1.807, 2.05) is 26.8 Å². The molecule has 1 unspecified atom stereocenters. The molecule has 2 rings (SSSR count). The zero-order chi connectivity index (χ0) is 26.5. The van der Waals surface area contributed by atoms with Gasteiger partial charge in [0.15, 0.2) is 5.89 Å². The van der Waals surface area contributed by atoms with Crippen molar-refractivity contribution in [3.05, 3.63) is 35.1 Å². The fourth-order valence-corrected chi connectivity index (χ4v) is 4.87. The number of carbonyl (C=O) groups excluding carboxylic acids is 2. The van der Waals surface area contributed by atoms with Crippen molar-refractivity contribution in [2.75, 3.05) is 0 Å². The van der Waals surface area contributed by atoms with Gasteiger partial charge in [-0.25, -0.2) is 4.98 Å². The van der Waals surface area contributed by atoms with Crippen molar-refractivity contribution in [3.8, 4) is 0 Å². The number of Topliss-reactive ketones (excluding diaryl/α,β-unsaturated/α-hetero) is 1. The molecule has 35 heavy (non-hydrogen) atoms. The summed E-state index contributed by atoms with van der Waals surface area (Å²) in [5.41, 5.74) is 1.41. The smallest absolute Gasteiger partial charge is 0.309 e. The molecule has 2 N–H and O–H groups in total. The molecule has 0 aliphatic carbocycles. The number of aliphatic hydroxyl groups excluding tert-OH is 2. The largest absolute Gasteiger partial charge is 0.457 e. The molecular formula is C28H43NO6. The van der Waals surface area contributed by atoms with Gasteiger partial charge in [-0.05, 0) is 50.7 Å². The number of hydrogen-bond donors (Lipinski definition) is 2. The van der Waals surface area contributed by atoms with Crippen LogP contribution >= 0.6 is 0 Å². The second-order valence-corrected chi connectivity index (χ2v) is 10.9. The average Bonchev–Trinajstić information content (AvgIpc) is 3.19. The van der Waals surface area contributed by atoms with Crippen molar-refractivity contribution < 1.29 is 29.0 Å². The first-order chi connectivity index (χ1) is 16.2. The molecule has 7 nitrogen and oxygen atoms in total. The summed E-state index contributed by atoms with van der Waals surface area (Å²) < 4.78 is 11.2. The van der Waals surface area contributed by atoms with Crippen molar-refractivity contribution in [2.45, 2.75) is 99.4 Å². The second kappa shape index (κ2) is 12.1. The minimum absolute atomic E-state index is 0.0613. The third-order valence-electron chi connectivity index (χ3n) is 7.31. The van der Waals surface area contributed by atoms with Gasteiger partial charge in [0.1, 0.15) is 23.8 Å². The molecule has 2 heterocycles. The molecule has 1 aromatic rings. The van der Waals surface area contributed by atoms with Crippen LogP contribution in [-0.4, -0.2) is 45.3 Å². The maximum Gasteiger partial charge on any atom is 0.309 e. The molecule has 0 spiro atoms. The van der Waals surface area contributed by atoms with Crippen molar-refractivity contribution >= 4 is 17.8 Å². The lowest BCUT2D eigenvalue weighted by Gasteiger charge is -2.34. The lowest BCUT2D eigenvalue weighted by molar-refractivity contribution is -0.155. The maximum atomic E-state index is 13.2. The molecule has 0 radical (unpaired) electrons. The van der Waals surface area contributed by atoms with Crippen LogP contribution in [0.1, 0.15) is 85.7 Å². The minimum Gasteiger partial charge on any atom is -0.457 e. The highest BCUT2D eigenvalue weighted by Gasteiger charge is 2.42. The highest BCUT2D eigenvalue weighted by atomic mass is 16.5. The van der Waals surface area contributed by atoms with Gasteiger partial charge < -0.3 is 19.4 Å². The van der Waals surface area contributed by atoms with Crippen LogP contribution in [0, 0.1) is 30.1 Å². The van der Waals surface area contributed by atoms with Crippen LogP contribution in [0.15, 0.2) is 27.9 Å². The lowest BCUT2D eigenvalue weighted by atomic mass is 9.73. The number of carbonyl (C=O) groups is 2. The molecule has 0 aromatic carbocycles. The van der Waals surface area contributed by atoms with E-state index in [0.29, 0.717) is 11.6 Å². The third kappa shape index (κ3) is 7.61. The standard InChI is InChI=1S/C28H43NO6/c1-16-10-9-11-17(2)25(32)20(5)27(33)28(7,8)23(30)14-24(31)35-26(18(3)12-16)19(4)13-22-15-34-21(6)29-22/h12-13,15,17-18,20,23,25-26,30,32H,9-11,14H2,1-8H3/b16-12-,19-13+/t17-,18?,20+,23-,25-,26-/m0/s1. The van der Waals surface area contributed by atoms with Crippen LogP contribution in [0.4, 0.5) is 0 Å². The molecule has 196 valence electrons. The molecule has 0 fully saturated rings. The number of cyclic esters (lactones) is 1. The first-order valence-corrected chi connectivity index (χ1v) is 12.6. The van der Waals surface area contributed by atoms with Gasteiger partial charge in [0, 0.05) is 18.8 Å². The van der Waals surface area contributed by atoms with E-state index >= 15 is 0 Å². The zero-order valence-electron chi connectivity index (χ0n) is 22.5. The molecule has 7 heteroatoms. The summed E-state index contributed by atoms with van der Waals surface area (Å²) in [5.74, 6) is -1.13. The van der Waals surface area contributed by atoms with Gasteiger partial charge in [-0.3, -0.25) is 9.59 Å². The van der Waals surface area contributed by atoms with E-state index in [-0.39, 0.29) is 24.0 Å². The van der Waals surface area contributed by atoms with Gasteiger partial charge in [-0.1, -0.05) is 46.3 Å². The molecular weight excluding hydrogens is 446 g/mol. The van der Waals surface area contributed by atoms with E-state index in [2.05, 4.69) is 18.0 Å². The van der Waals surface area contributed by atoms with Crippen LogP contribution in [0.3, 0.4) is 0 Å². The Balaban J connectivity index is 2.40. The normalized spacial score (nSPS) is 33.7. The quantitative estimate of drug-likeness (QED) is 0.442. The lowest BCUT2D eigenvalue weighted by Crippen LogP contribution is -2.45. The van der Waals surface area contributed by atoms with Gasteiger partial charge in [0.05, 0.1) is 24.0 Å². The monoisotopic (exact) mass is 489 g/mol. The van der Waals surface area contributed by atoms with E-state index in [9.17, 15) is 19.8 Å². The van der Waals surface area contributed by atoms with E-state index in [1.54, 1.807) is 34.0 Å². The Hall–Kier alpha value is -2.25. The Morgan fingerprint density at radius 2 is 1.83 bits per heavy atom. The number of allylic oxidation sites excluding steroid dienone is 1. The summed E-state index contributed by atoms with van der Waals surface area (Å²) in [5, 5.41) is 21.7. The number of esters is 1. The number of aromatic nitrogens is 1. The predicted octanol–water partition coefficient (Wildman–Crippen LogP) is 5.04. The Bertz CT molecular complexity index is 943. The highest BCUT2D eigenvalue weighted by molar-refractivity contribution is 5.88. The van der Waals surface area contributed by atoms with Gasteiger partial charge in [0.2, 0.25) is 0 Å². The Morgan fingerprint density at radius 1 is 1.17 bits per heavy atom. The van der Waals surface area contributed by atoms with Gasteiger partial charge >= 0.3 is 5.97 Å². The van der Waals surface area contributed by atoms with Crippen molar-refractivity contribution in [2.24, 2.45) is 23.2 Å². The number of aliphatic hydroxyl groups is 2. The number of hydrogen-bond acceptors (Lipinski definition) is 7. The highest BCUT2D eigenvalue weighted by Crippen LogP contribution is 2.33. The summed E-state index contributed by atoms with van der Waals surface area (Å²) >= 11 is 0. The first kappa shape index (κ1) is 29.0. The number of rotatable bonds is 2. The van der Waals surface area contributed by atoms with Crippen molar-refractivity contribution in [3.63, 3.8) is 0 Å². The summed E-state index contributed by atoms with van der Waals surface area (Å²) in [6.07, 6.45) is 5.07. The summed E-state index contributed by atoms with van der Waals surface area (Å²) in [7, 11) is 0. The third-order valence-corrected chi connectivity index (χ3v) is 7.31. The predicted molar refractivity (Wildman–Crippen MR) is 135 cm³/mol. The molecule has 6 atom stereocenters. The maximum absolute atomic E-state index is 13.2. The van der Waals surface area contributed by atoms with Gasteiger partial charge in [-0.15, -0.1) is 0 Å². The van der Waals surface area contributed by atoms with Gasteiger partial charge in [-0.2, -0.15) is 0 Å². The van der Waals surface area contributed by atoms with Crippen LogP contribution < -0.4 is 0 Å². The molecule has 0 amide bonds. The topological polar surface area (TPSA) is 110 Å². The average molecular weight is 490 g/mol. The molecule has 0 saturated carbocycles. The molecule has 1 aliphatic heterocycles. The molecule has 1 aliphatic rings. The van der Waals surface area contributed by atoms with E-state index in [4.69, 9.17) is 9.15 Å². The zero-order valence-corrected chi connectivity index (χ0v) is 22.5. The van der Waals surface area contributed by atoms with E-state index in [0.717, 1.165) is 24.8 Å².